The van der Waals surface area contributed by atoms with Crippen LogP contribution < -0.4 is 5.32 Å². The molecule has 3 nitrogen and oxygen atoms in total. The molecule has 5 heteroatoms. The van der Waals surface area contributed by atoms with Crippen molar-refractivity contribution in [3.63, 3.8) is 0 Å². The smallest absolute Gasteiger partial charge is 0.226 e. The van der Waals surface area contributed by atoms with Crippen molar-refractivity contribution >= 4 is 23.2 Å². The third-order valence-corrected chi connectivity index (χ3v) is 4.04. The van der Waals surface area contributed by atoms with Crippen molar-refractivity contribution in [3.8, 4) is 0 Å². The molecule has 0 radical (unpaired) electrons. The van der Waals surface area contributed by atoms with E-state index in [2.05, 4.69) is 5.32 Å². The highest BCUT2D eigenvalue weighted by molar-refractivity contribution is 6.31. The van der Waals surface area contributed by atoms with Crippen molar-refractivity contribution in [2.24, 2.45) is 0 Å². The van der Waals surface area contributed by atoms with Crippen LogP contribution in [0.25, 0.3) is 0 Å². The van der Waals surface area contributed by atoms with E-state index in [-0.39, 0.29) is 23.4 Å². The predicted octanol–water partition coefficient (Wildman–Crippen LogP) is 4.90. The van der Waals surface area contributed by atoms with Crippen molar-refractivity contribution in [2.75, 3.05) is 5.32 Å². The maximum atomic E-state index is 13.2. The molecule has 122 valence electrons. The fourth-order valence-corrected chi connectivity index (χ4v) is 2.77. The summed E-state index contributed by atoms with van der Waals surface area (Å²) in [5.41, 5.74) is 1.52. The summed E-state index contributed by atoms with van der Waals surface area (Å²) in [6, 6.07) is 17.7. The molecule has 0 fully saturated rings. The Morgan fingerprint density at radius 3 is 2.46 bits per heavy atom. The molecule has 1 aromatic heterocycles. The van der Waals surface area contributed by atoms with E-state index in [4.69, 9.17) is 11.6 Å². The summed E-state index contributed by atoms with van der Waals surface area (Å²) in [5.74, 6) is -0.676. The lowest BCUT2D eigenvalue weighted by atomic mass is 10.0. The summed E-state index contributed by atoms with van der Waals surface area (Å²) >= 11 is 5.75. The van der Waals surface area contributed by atoms with Gasteiger partial charge in [0.2, 0.25) is 5.91 Å². The number of benzene rings is 2. The van der Waals surface area contributed by atoms with Gasteiger partial charge in [0.15, 0.2) is 0 Å². The number of carbonyl (C=O) groups excluding carboxylic acids is 1. The second-order valence-electron chi connectivity index (χ2n) is 5.44. The molecular weight excluding hydrogens is 327 g/mol. The lowest BCUT2D eigenvalue weighted by Crippen LogP contribution is -2.19. The van der Waals surface area contributed by atoms with Crippen LogP contribution in [0.5, 0.6) is 0 Å². The molecule has 1 atom stereocenters. The van der Waals surface area contributed by atoms with Gasteiger partial charge in [0, 0.05) is 18.1 Å². The Labute approximate surface area is 144 Å². The van der Waals surface area contributed by atoms with Crippen LogP contribution in [0, 0.1) is 5.82 Å². The van der Waals surface area contributed by atoms with Crippen LogP contribution >= 0.6 is 11.6 Å². The average Bonchev–Trinajstić information content (AvgIpc) is 3.11. The molecular formula is C19H16ClFN2O. The molecule has 0 unspecified atom stereocenters. The van der Waals surface area contributed by atoms with E-state index >= 15 is 0 Å². The molecule has 3 rings (SSSR count). The normalized spacial score (nSPS) is 11.9. The first-order chi connectivity index (χ1) is 11.6. The van der Waals surface area contributed by atoms with Crippen molar-refractivity contribution in [1.29, 1.82) is 0 Å². The number of aromatic nitrogens is 1. The molecule has 0 spiro atoms. The van der Waals surface area contributed by atoms with E-state index in [0.717, 1.165) is 5.56 Å². The second kappa shape index (κ2) is 7.32. The van der Waals surface area contributed by atoms with Gasteiger partial charge in [0.25, 0.3) is 0 Å². The van der Waals surface area contributed by atoms with Gasteiger partial charge in [-0.25, -0.2) is 4.39 Å². The maximum absolute atomic E-state index is 13.2. The predicted molar refractivity (Wildman–Crippen MR) is 93.7 cm³/mol. The highest BCUT2D eigenvalue weighted by atomic mass is 35.5. The molecule has 1 heterocycles. The minimum Gasteiger partial charge on any atom is -0.346 e. The van der Waals surface area contributed by atoms with E-state index in [9.17, 15) is 9.18 Å². The monoisotopic (exact) mass is 342 g/mol. The number of halogens is 2. The van der Waals surface area contributed by atoms with Gasteiger partial charge in [-0.15, -0.1) is 0 Å². The Balaban J connectivity index is 1.77. The van der Waals surface area contributed by atoms with Crippen LogP contribution in [0.2, 0.25) is 5.02 Å². The first-order valence-electron chi connectivity index (χ1n) is 7.56. The lowest BCUT2D eigenvalue weighted by molar-refractivity contribution is -0.116. The number of hydrogen-bond donors (Lipinski definition) is 1. The summed E-state index contributed by atoms with van der Waals surface area (Å²) < 4.78 is 15.2. The van der Waals surface area contributed by atoms with Crippen LogP contribution in [0.4, 0.5) is 10.1 Å². The van der Waals surface area contributed by atoms with E-state index < -0.39 is 5.82 Å². The Bertz CT molecular complexity index is 819. The fraction of sp³-hybridized carbons (Fsp3) is 0.105. The molecule has 0 saturated heterocycles. The first kappa shape index (κ1) is 16.3. The molecule has 1 amide bonds. The molecule has 1 N–H and O–H groups in total. The molecule has 3 aromatic rings. The fourth-order valence-electron chi connectivity index (χ4n) is 2.59. The van der Waals surface area contributed by atoms with Gasteiger partial charge in [-0.2, -0.15) is 0 Å². The van der Waals surface area contributed by atoms with Gasteiger partial charge in [-0.1, -0.05) is 41.9 Å². The summed E-state index contributed by atoms with van der Waals surface area (Å²) in [7, 11) is 0. The molecule has 2 aromatic carbocycles. The van der Waals surface area contributed by atoms with E-state index in [1.807, 2.05) is 59.4 Å². The summed E-state index contributed by atoms with van der Waals surface area (Å²) in [6.45, 7) is 0. The quantitative estimate of drug-likeness (QED) is 0.703. The number of carbonyl (C=O) groups is 1. The number of nitrogens with zero attached hydrogens (tertiary/aromatic N) is 1. The lowest BCUT2D eigenvalue weighted by Gasteiger charge is -2.19. The summed E-state index contributed by atoms with van der Waals surface area (Å²) in [6.07, 6.45) is 4.12. The first-order valence-corrected chi connectivity index (χ1v) is 7.93. The van der Waals surface area contributed by atoms with Crippen molar-refractivity contribution < 1.29 is 9.18 Å². The van der Waals surface area contributed by atoms with Crippen molar-refractivity contribution in [2.45, 2.75) is 12.5 Å². The van der Waals surface area contributed by atoms with E-state index in [1.54, 1.807) is 0 Å². The van der Waals surface area contributed by atoms with Crippen LogP contribution in [0.15, 0.2) is 73.1 Å². The second-order valence-corrected chi connectivity index (χ2v) is 5.85. The number of anilines is 1. The molecule has 0 aliphatic carbocycles. The zero-order chi connectivity index (χ0) is 16.9. The molecule has 0 bridgehead atoms. The van der Waals surface area contributed by atoms with Crippen molar-refractivity contribution in [3.05, 3.63) is 89.5 Å². The van der Waals surface area contributed by atoms with Gasteiger partial charge < -0.3 is 9.88 Å². The summed E-state index contributed by atoms with van der Waals surface area (Å²) in [4.78, 5) is 12.4. The highest BCUT2D eigenvalue weighted by Gasteiger charge is 2.17. The van der Waals surface area contributed by atoms with Gasteiger partial charge in [-0.3, -0.25) is 4.79 Å². The van der Waals surface area contributed by atoms with Crippen LogP contribution in [-0.2, 0) is 4.79 Å². The Hall–Kier alpha value is -2.59. The number of nitrogens with one attached hydrogen (secondary N) is 1. The zero-order valence-corrected chi connectivity index (χ0v) is 13.6. The van der Waals surface area contributed by atoms with Crippen LogP contribution in [0.1, 0.15) is 18.0 Å². The molecule has 0 aliphatic heterocycles. The van der Waals surface area contributed by atoms with Gasteiger partial charge in [-0.05, 0) is 35.9 Å². The van der Waals surface area contributed by atoms with Crippen LogP contribution in [0.3, 0.4) is 0 Å². The summed E-state index contributed by atoms with van der Waals surface area (Å²) in [5, 5.41) is 2.75. The maximum Gasteiger partial charge on any atom is 0.226 e. The standard InChI is InChI=1S/C19H16ClFN2O/c20-16-12-15(8-9-17(16)21)22-19(24)13-18(23-10-4-5-11-23)14-6-2-1-3-7-14/h1-12,18H,13H2,(H,22,24)/t18-/m1/s1. The number of rotatable bonds is 5. The highest BCUT2D eigenvalue weighted by Crippen LogP contribution is 2.24. The third-order valence-electron chi connectivity index (χ3n) is 3.75. The van der Waals surface area contributed by atoms with Gasteiger partial charge >= 0.3 is 0 Å². The molecule has 0 saturated carbocycles. The minimum atomic E-state index is -0.510. The van der Waals surface area contributed by atoms with Crippen molar-refractivity contribution in [1.82, 2.24) is 4.57 Å². The zero-order valence-electron chi connectivity index (χ0n) is 12.8. The average molecular weight is 343 g/mol. The Morgan fingerprint density at radius 1 is 1.08 bits per heavy atom. The SMILES string of the molecule is O=C(C[C@H](c1ccccc1)n1cccc1)Nc1ccc(F)c(Cl)c1. The van der Waals surface area contributed by atoms with Gasteiger partial charge in [0.05, 0.1) is 17.5 Å². The van der Waals surface area contributed by atoms with E-state index in [0.29, 0.717) is 5.69 Å². The Kier molecular flexibility index (Phi) is 4.96. The topological polar surface area (TPSA) is 34.0 Å². The van der Waals surface area contributed by atoms with Gasteiger partial charge in [0.1, 0.15) is 5.82 Å². The van der Waals surface area contributed by atoms with E-state index in [1.165, 1.54) is 18.2 Å². The Morgan fingerprint density at radius 2 is 1.79 bits per heavy atom. The largest absolute Gasteiger partial charge is 0.346 e. The third kappa shape index (κ3) is 3.84. The van der Waals surface area contributed by atoms with Crippen LogP contribution in [-0.4, -0.2) is 10.5 Å². The number of hydrogen-bond acceptors (Lipinski definition) is 1. The minimum absolute atomic E-state index is 0.0159. The molecule has 0 aliphatic rings. The number of amides is 1. The molecule has 24 heavy (non-hydrogen) atoms.